The quantitative estimate of drug-likeness (QED) is 0.485. The molecule has 1 saturated heterocycles. The Bertz CT molecular complexity index is 538. The molecule has 2 aliphatic carbocycles. The lowest BCUT2D eigenvalue weighted by atomic mass is 9.72. The molecule has 18 heavy (non-hydrogen) atoms. The Hall–Kier alpha value is -1.64. The summed E-state index contributed by atoms with van der Waals surface area (Å²) in [6.07, 6.45) is 4.83. The van der Waals surface area contributed by atoms with Crippen molar-refractivity contribution in [3.8, 4) is 0 Å². The van der Waals surface area contributed by atoms with E-state index in [2.05, 4.69) is 13.5 Å². The highest BCUT2D eigenvalue weighted by Gasteiger charge is 2.56. The van der Waals surface area contributed by atoms with Crippen molar-refractivity contribution in [3.05, 3.63) is 35.5 Å². The smallest absolute Gasteiger partial charge is 0.334 e. The molecule has 0 bridgehead atoms. The molecule has 3 rings (SSSR count). The number of hydrogen-bond donors (Lipinski definition) is 0. The summed E-state index contributed by atoms with van der Waals surface area (Å²) in [5.41, 5.74) is 2.07. The fourth-order valence-electron chi connectivity index (χ4n) is 3.48. The van der Waals surface area contributed by atoms with Crippen LogP contribution in [-0.2, 0) is 14.3 Å². The summed E-state index contributed by atoms with van der Waals surface area (Å²) < 4.78 is 5.46. The standard InChI is InChI=1S/C15H16O3/c1-8-4-5-10-9(2)14(17)18-13(10)15(3)11(8)6-7-12(15)16/h6-7,10,13H,2,4-5H2,1,3H3/t10-,13+,15-/m0/s1. The Morgan fingerprint density at radius 3 is 2.83 bits per heavy atom. The SMILES string of the molecule is C=C1C(=O)O[C@@H]2[C@H]1CCC(C)=C1C=CC(=O)[C@]12C. The average molecular weight is 244 g/mol. The molecule has 0 N–H and O–H groups in total. The monoisotopic (exact) mass is 244 g/mol. The molecule has 0 amide bonds. The molecule has 0 saturated carbocycles. The highest BCUT2D eigenvalue weighted by molar-refractivity contribution is 6.03. The lowest BCUT2D eigenvalue weighted by Crippen LogP contribution is -2.41. The predicted octanol–water partition coefficient (Wildman–Crippen LogP) is 2.34. The van der Waals surface area contributed by atoms with E-state index in [1.54, 1.807) is 6.08 Å². The van der Waals surface area contributed by atoms with Crippen molar-refractivity contribution in [1.82, 2.24) is 0 Å². The minimum atomic E-state index is -0.708. The topological polar surface area (TPSA) is 43.4 Å². The third-order valence-electron chi connectivity index (χ3n) is 4.64. The van der Waals surface area contributed by atoms with Gasteiger partial charge < -0.3 is 4.74 Å². The zero-order chi connectivity index (χ0) is 13.1. The van der Waals surface area contributed by atoms with Gasteiger partial charge in [-0.1, -0.05) is 18.2 Å². The van der Waals surface area contributed by atoms with Crippen molar-refractivity contribution in [2.45, 2.75) is 32.8 Å². The molecule has 3 aliphatic rings. The summed E-state index contributed by atoms with van der Waals surface area (Å²) in [6.45, 7) is 7.78. The molecule has 0 aromatic carbocycles. The summed E-state index contributed by atoms with van der Waals surface area (Å²) in [5.74, 6) is -0.333. The van der Waals surface area contributed by atoms with Crippen LogP contribution in [0.3, 0.4) is 0 Å². The number of hydrogen-bond acceptors (Lipinski definition) is 3. The van der Waals surface area contributed by atoms with Gasteiger partial charge in [0.05, 0.1) is 5.41 Å². The second-order valence-corrected chi connectivity index (χ2v) is 5.59. The highest BCUT2D eigenvalue weighted by Crippen LogP contribution is 2.51. The minimum absolute atomic E-state index is 0.0289. The van der Waals surface area contributed by atoms with Gasteiger partial charge in [0.2, 0.25) is 0 Å². The van der Waals surface area contributed by atoms with Crippen molar-refractivity contribution >= 4 is 11.8 Å². The van der Waals surface area contributed by atoms with E-state index in [0.29, 0.717) is 5.57 Å². The number of rotatable bonds is 0. The largest absolute Gasteiger partial charge is 0.457 e. The average Bonchev–Trinajstić information content (AvgIpc) is 2.75. The zero-order valence-electron chi connectivity index (χ0n) is 10.7. The van der Waals surface area contributed by atoms with E-state index >= 15 is 0 Å². The van der Waals surface area contributed by atoms with E-state index in [-0.39, 0.29) is 23.8 Å². The van der Waals surface area contributed by atoms with E-state index < -0.39 is 5.41 Å². The van der Waals surface area contributed by atoms with Gasteiger partial charge in [-0.05, 0) is 38.3 Å². The second kappa shape index (κ2) is 3.44. The Labute approximate surface area is 106 Å². The lowest BCUT2D eigenvalue weighted by Gasteiger charge is -2.32. The van der Waals surface area contributed by atoms with E-state index in [1.807, 2.05) is 13.0 Å². The molecule has 0 aromatic rings. The molecule has 0 aromatic heterocycles. The van der Waals surface area contributed by atoms with Gasteiger partial charge >= 0.3 is 5.97 Å². The summed E-state index contributed by atoms with van der Waals surface area (Å²) in [7, 11) is 0. The van der Waals surface area contributed by atoms with Crippen LogP contribution in [0, 0.1) is 11.3 Å². The number of carbonyl (C=O) groups excluding carboxylic acids is 2. The molecule has 0 unspecified atom stereocenters. The van der Waals surface area contributed by atoms with Gasteiger partial charge in [-0.15, -0.1) is 0 Å². The van der Waals surface area contributed by atoms with Crippen LogP contribution in [0.4, 0.5) is 0 Å². The Balaban J connectivity index is 2.16. The molecule has 94 valence electrons. The van der Waals surface area contributed by atoms with Gasteiger partial charge in [0.25, 0.3) is 0 Å². The van der Waals surface area contributed by atoms with Crippen molar-refractivity contribution in [1.29, 1.82) is 0 Å². The van der Waals surface area contributed by atoms with Gasteiger partial charge in [-0.2, -0.15) is 0 Å². The van der Waals surface area contributed by atoms with Gasteiger partial charge in [0.15, 0.2) is 5.78 Å². The molecule has 0 spiro atoms. The van der Waals surface area contributed by atoms with Gasteiger partial charge in [-0.25, -0.2) is 4.79 Å². The molecular weight excluding hydrogens is 228 g/mol. The molecule has 1 aliphatic heterocycles. The van der Waals surface area contributed by atoms with Crippen LogP contribution in [-0.4, -0.2) is 17.9 Å². The Morgan fingerprint density at radius 2 is 2.11 bits per heavy atom. The van der Waals surface area contributed by atoms with Gasteiger partial charge in [0, 0.05) is 11.5 Å². The zero-order valence-corrected chi connectivity index (χ0v) is 10.7. The lowest BCUT2D eigenvalue weighted by molar-refractivity contribution is -0.146. The molecule has 3 heteroatoms. The maximum atomic E-state index is 12.2. The van der Waals surface area contributed by atoms with Crippen molar-refractivity contribution in [3.63, 3.8) is 0 Å². The van der Waals surface area contributed by atoms with Crippen LogP contribution in [0.15, 0.2) is 35.5 Å². The van der Waals surface area contributed by atoms with Crippen LogP contribution in [0.1, 0.15) is 26.7 Å². The van der Waals surface area contributed by atoms with Crippen LogP contribution in [0.25, 0.3) is 0 Å². The fraction of sp³-hybridized carbons (Fsp3) is 0.467. The van der Waals surface area contributed by atoms with Gasteiger partial charge in [0.1, 0.15) is 6.10 Å². The normalized spacial score (nSPS) is 38.7. The highest BCUT2D eigenvalue weighted by atomic mass is 16.6. The fourth-order valence-corrected chi connectivity index (χ4v) is 3.48. The first kappa shape index (κ1) is 11.5. The molecule has 3 atom stereocenters. The van der Waals surface area contributed by atoms with Gasteiger partial charge in [-0.3, -0.25) is 4.79 Å². The van der Waals surface area contributed by atoms with Crippen molar-refractivity contribution in [2.75, 3.05) is 0 Å². The third-order valence-corrected chi connectivity index (χ3v) is 4.64. The first-order valence-corrected chi connectivity index (χ1v) is 6.28. The molecule has 0 radical (unpaired) electrons. The summed E-state index contributed by atoms with van der Waals surface area (Å²) >= 11 is 0. The first-order chi connectivity index (χ1) is 8.46. The number of carbonyl (C=O) groups is 2. The Morgan fingerprint density at radius 1 is 1.39 bits per heavy atom. The predicted molar refractivity (Wildman–Crippen MR) is 66.7 cm³/mol. The molecule has 1 fully saturated rings. The third kappa shape index (κ3) is 1.19. The van der Waals surface area contributed by atoms with Crippen LogP contribution in [0.2, 0.25) is 0 Å². The second-order valence-electron chi connectivity index (χ2n) is 5.59. The number of esters is 1. The molecule has 1 heterocycles. The van der Waals surface area contributed by atoms with Crippen LogP contribution >= 0.6 is 0 Å². The van der Waals surface area contributed by atoms with E-state index in [1.165, 1.54) is 5.57 Å². The molecule has 3 nitrogen and oxygen atoms in total. The minimum Gasteiger partial charge on any atom is -0.457 e. The van der Waals surface area contributed by atoms with Crippen LogP contribution in [0.5, 0.6) is 0 Å². The van der Waals surface area contributed by atoms with Crippen molar-refractivity contribution < 1.29 is 14.3 Å². The van der Waals surface area contributed by atoms with Crippen LogP contribution < -0.4 is 0 Å². The van der Waals surface area contributed by atoms with Crippen molar-refractivity contribution in [2.24, 2.45) is 11.3 Å². The maximum absolute atomic E-state index is 12.2. The van der Waals surface area contributed by atoms with E-state index in [0.717, 1.165) is 18.4 Å². The first-order valence-electron chi connectivity index (χ1n) is 6.28. The van der Waals surface area contributed by atoms with E-state index in [9.17, 15) is 9.59 Å². The molecular formula is C15H16O3. The summed E-state index contributed by atoms with van der Waals surface area (Å²) in [4.78, 5) is 23.9. The Kier molecular flexibility index (Phi) is 2.19. The number of allylic oxidation sites excluding steroid dienone is 3. The summed E-state index contributed by atoms with van der Waals surface area (Å²) in [5, 5.41) is 0. The number of fused-ring (bicyclic) bond motifs is 3. The number of ether oxygens (including phenoxy) is 1. The number of ketones is 1. The maximum Gasteiger partial charge on any atom is 0.334 e. The summed E-state index contributed by atoms with van der Waals surface area (Å²) in [6, 6.07) is 0. The van der Waals surface area contributed by atoms with E-state index in [4.69, 9.17) is 4.74 Å².